The van der Waals surface area contributed by atoms with Crippen LogP contribution >= 0.6 is 0 Å². The SMILES string of the molecule is NC1=NC=NC2C1C(c1ccc(NC(=O)c3cccc(C(F)(F)F)c3)cc1)=NN2CCCO. The standard InChI is InChI=1S/C22H21F3N6O2/c23-22(24,25)15-4-1-3-14(11-15)21(33)29-16-7-5-13(6-8-16)18-17-19(26)27-12-28-20(17)31(30-18)9-2-10-32/h1,3-8,11-12,17,20,32H,2,9-10H2,(H,29,33)(H2,26,27,28). The van der Waals surface area contributed by atoms with E-state index in [1.807, 2.05) is 0 Å². The first-order chi connectivity index (χ1) is 15.8. The van der Waals surface area contributed by atoms with Gasteiger partial charge in [-0.2, -0.15) is 18.3 Å². The first-order valence-electron chi connectivity index (χ1n) is 10.2. The average molecular weight is 458 g/mol. The number of hydrazone groups is 1. The number of amidine groups is 1. The maximum atomic E-state index is 12.9. The monoisotopic (exact) mass is 458 g/mol. The molecule has 0 aliphatic carbocycles. The van der Waals surface area contributed by atoms with Crippen LogP contribution in [0.25, 0.3) is 0 Å². The van der Waals surface area contributed by atoms with Crippen LogP contribution in [0.4, 0.5) is 18.9 Å². The molecule has 11 heteroatoms. The van der Waals surface area contributed by atoms with Crippen molar-refractivity contribution in [1.82, 2.24) is 5.01 Å². The van der Waals surface area contributed by atoms with Crippen LogP contribution in [0, 0.1) is 5.92 Å². The molecule has 1 amide bonds. The Bertz CT molecular complexity index is 1130. The van der Waals surface area contributed by atoms with E-state index in [1.165, 1.54) is 18.5 Å². The average Bonchev–Trinajstić information content (AvgIpc) is 3.17. The lowest BCUT2D eigenvalue weighted by molar-refractivity contribution is -0.137. The van der Waals surface area contributed by atoms with Crippen molar-refractivity contribution in [3.05, 3.63) is 65.2 Å². The van der Waals surface area contributed by atoms with E-state index in [4.69, 9.17) is 10.8 Å². The van der Waals surface area contributed by atoms with E-state index >= 15 is 0 Å². The van der Waals surface area contributed by atoms with E-state index in [9.17, 15) is 18.0 Å². The number of aliphatic hydroxyl groups excluding tert-OH is 1. The van der Waals surface area contributed by atoms with Gasteiger partial charge in [0, 0.05) is 24.4 Å². The Balaban J connectivity index is 1.52. The predicted octanol–water partition coefficient (Wildman–Crippen LogP) is 2.70. The quantitative estimate of drug-likeness (QED) is 0.617. The number of fused-ring (bicyclic) bond motifs is 1. The van der Waals surface area contributed by atoms with Crippen LogP contribution < -0.4 is 11.1 Å². The molecular formula is C22H21F3N6O2. The van der Waals surface area contributed by atoms with E-state index < -0.39 is 17.6 Å². The second-order valence-electron chi connectivity index (χ2n) is 7.55. The zero-order valence-electron chi connectivity index (χ0n) is 17.3. The summed E-state index contributed by atoms with van der Waals surface area (Å²) >= 11 is 0. The molecule has 2 unspecified atom stereocenters. The van der Waals surface area contributed by atoms with Crippen molar-refractivity contribution in [3.8, 4) is 0 Å². The summed E-state index contributed by atoms with van der Waals surface area (Å²) in [6.07, 6.45) is -2.96. The van der Waals surface area contributed by atoms with E-state index in [-0.39, 0.29) is 24.3 Å². The Hall–Kier alpha value is -3.73. The van der Waals surface area contributed by atoms with Crippen LogP contribution in [0.1, 0.15) is 27.9 Å². The van der Waals surface area contributed by atoms with Crippen molar-refractivity contribution in [2.45, 2.75) is 18.8 Å². The highest BCUT2D eigenvalue weighted by molar-refractivity contribution is 6.17. The highest BCUT2D eigenvalue weighted by atomic mass is 19.4. The number of benzene rings is 2. The number of carbonyl (C=O) groups is 1. The number of carbonyl (C=O) groups excluding carboxylic acids is 1. The van der Waals surface area contributed by atoms with Gasteiger partial charge in [0.15, 0.2) is 6.17 Å². The predicted molar refractivity (Wildman–Crippen MR) is 118 cm³/mol. The van der Waals surface area contributed by atoms with Crippen LogP contribution in [0.2, 0.25) is 0 Å². The summed E-state index contributed by atoms with van der Waals surface area (Å²) in [7, 11) is 0. The number of anilines is 1. The molecule has 4 N–H and O–H groups in total. The van der Waals surface area contributed by atoms with E-state index in [2.05, 4.69) is 20.4 Å². The van der Waals surface area contributed by atoms with Gasteiger partial charge < -0.3 is 16.2 Å². The Morgan fingerprint density at radius 3 is 2.64 bits per heavy atom. The Morgan fingerprint density at radius 2 is 1.94 bits per heavy atom. The molecule has 0 bridgehead atoms. The van der Waals surface area contributed by atoms with Crippen molar-refractivity contribution in [2.75, 3.05) is 18.5 Å². The van der Waals surface area contributed by atoms with Crippen molar-refractivity contribution in [1.29, 1.82) is 0 Å². The molecule has 2 aliphatic heterocycles. The summed E-state index contributed by atoms with van der Waals surface area (Å²) < 4.78 is 38.7. The highest BCUT2D eigenvalue weighted by Crippen LogP contribution is 2.31. The zero-order chi connectivity index (χ0) is 23.6. The summed E-state index contributed by atoms with van der Waals surface area (Å²) in [4.78, 5) is 20.9. The van der Waals surface area contributed by atoms with Gasteiger partial charge in [0.1, 0.15) is 18.1 Å². The van der Waals surface area contributed by atoms with Crippen LogP contribution in [0.15, 0.2) is 63.6 Å². The van der Waals surface area contributed by atoms with Gasteiger partial charge in [-0.3, -0.25) is 9.80 Å². The minimum Gasteiger partial charge on any atom is -0.396 e. The van der Waals surface area contributed by atoms with E-state index in [0.717, 1.165) is 17.7 Å². The Morgan fingerprint density at radius 1 is 1.18 bits per heavy atom. The minimum absolute atomic E-state index is 0.0201. The maximum Gasteiger partial charge on any atom is 0.416 e. The first kappa shape index (κ1) is 22.5. The Labute approximate surface area is 187 Å². The van der Waals surface area contributed by atoms with E-state index in [0.29, 0.717) is 30.2 Å². The number of hydrogen-bond acceptors (Lipinski definition) is 7. The molecular weight excluding hydrogens is 437 g/mol. The summed E-state index contributed by atoms with van der Waals surface area (Å²) in [5.74, 6) is -0.623. The number of rotatable bonds is 6. The molecule has 2 aromatic rings. The fourth-order valence-corrected chi connectivity index (χ4v) is 3.69. The van der Waals surface area contributed by atoms with Gasteiger partial charge in [-0.15, -0.1) is 0 Å². The van der Waals surface area contributed by atoms with Crippen LogP contribution in [0.3, 0.4) is 0 Å². The van der Waals surface area contributed by atoms with Gasteiger partial charge in [0.25, 0.3) is 5.91 Å². The molecule has 8 nitrogen and oxygen atoms in total. The molecule has 4 rings (SSSR count). The molecule has 2 heterocycles. The van der Waals surface area contributed by atoms with Crippen LogP contribution in [-0.2, 0) is 6.18 Å². The molecule has 0 radical (unpaired) electrons. The number of halogens is 3. The van der Waals surface area contributed by atoms with Gasteiger partial charge in [-0.1, -0.05) is 18.2 Å². The smallest absolute Gasteiger partial charge is 0.396 e. The summed E-state index contributed by atoms with van der Waals surface area (Å²) in [6, 6.07) is 11.0. The van der Waals surface area contributed by atoms with Gasteiger partial charge in [-0.05, 0) is 42.3 Å². The number of nitrogens with two attached hydrogens (primary N) is 1. The summed E-state index contributed by atoms with van der Waals surface area (Å²) in [5.41, 5.74) is 6.93. The van der Waals surface area contributed by atoms with Gasteiger partial charge in [0.2, 0.25) is 0 Å². The molecule has 2 aromatic carbocycles. The second kappa shape index (κ2) is 9.02. The number of nitrogens with zero attached hydrogens (tertiary/aromatic N) is 4. The number of aliphatic hydroxyl groups is 1. The number of aliphatic imine (C=N–C) groups is 2. The van der Waals surface area contributed by atoms with Crippen molar-refractivity contribution < 1.29 is 23.1 Å². The number of nitrogens with one attached hydrogen (secondary N) is 1. The summed E-state index contributed by atoms with van der Waals surface area (Å²) in [5, 5.41) is 18.1. The molecule has 0 spiro atoms. The number of hydrogen-bond donors (Lipinski definition) is 3. The lowest BCUT2D eigenvalue weighted by Crippen LogP contribution is -2.42. The number of alkyl halides is 3. The second-order valence-corrected chi connectivity index (χ2v) is 7.55. The van der Waals surface area contributed by atoms with E-state index in [1.54, 1.807) is 29.3 Å². The van der Waals surface area contributed by atoms with Crippen molar-refractivity contribution in [2.24, 2.45) is 26.7 Å². The van der Waals surface area contributed by atoms with Crippen LogP contribution in [-0.4, -0.2) is 53.2 Å². The molecule has 0 aromatic heterocycles. The minimum atomic E-state index is -4.53. The van der Waals surface area contributed by atoms with Crippen molar-refractivity contribution >= 4 is 29.5 Å². The third kappa shape index (κ3) is 4.72. The van der Waals surface area contributed by atoms with Gasteiger partial charge in [-0.25, -0.2) is 9.98 Å². The van der Waals surface area contributed by atoms with Gasteiger partial charge >= 0.3 is 6.18 Å². The molecule has 2 aliphatic rings. The molecule has 33 heavy (non-hydrogen) atoms. The summed E-state index contributed by atoms with van der Waals surface area (Å²) in [6.45, 7) is 0.517. The largest absolute Gasteiger partial charge is 0.416 e. The van der Waals surface area contributed by atoms with Gasteiger partial charge in [0.05, 0.1) is 11.3 Å². The number of amides is 1. The fourth-order valence-electron chi connectivity index (χ4n) is 3.69. The fraction of sp³-hybridized carbons (Fsp3) is 0.273. The third-order valence-electron chi connectivity index (χ3n) is 5.32. The normalized spacial score (nSPS) is 19.7. The molecule has 0 saturated heterocycles. The molecule has 0 fully saturated rings. The van der Waals surface area contributed by atoms with Crippen molar-refractivity contribution in [3.63, 3.8) is 0 Å². The first-order valence-corrected chi connectivity index (χ1v) is 10.2. The maximum absolute atomic E-state index is 12.9. The Kier molecular flexibility index (Phi) is 6.14. The lowest BCUT2D eigenvalue weighted by atomic mass is 9.93. The molecule has 172 valence electrons. The molecule has 2 atom stereocenters. The zero-order valence-corrected chi connectivity index (χ0v) is 17.3. The highest BCUT2D eigenvalue weighted by Gasteiger charge is 2.41. The lowest BCUT2D eigenvalue weighted by Gasteiger charge is -2.25. The van der Waals surface area contributed by atoms with Crippen LogP contribution in [0.5, 0.6) is 0 Å². The topological polar surface area (TPSA) is 116 Å². The molecule has 0 saturated carbocycles. The third-order valence-corrected chi connectivity index (χ3v) is 5.32.